The maximum Gasteiger partial charge on any atom is 0.246 e. The summed E-state index contributed by atoms with van der Waals surface area (Å²) in [5.74, 6) is 0.235. The number of piperidine rings is 1. The number of hydrogen-bond acceptors (Lipinski definition) is 5. The van der Waals surface area contributed by atoms with E-state index in [1.807, 2.05) is 35.5 Å². The number of aromatic amines is 1. The molecule has 0 bridgehead atoms. The number of pyridine rings is 1. The molecule has 2 aliphatic rings. The van der Waals surface area contributed by atoms with Gasteiger partial charge in [-0.15, -0.1) is 0 Å². The molecular weight excluding hydrogens is 442 g/mol. The third-order valence-corrected chi connectivity index (χ3v) is 7.39. The van der Waals surface area contributed by atoms with Gasteiger partial charge in [-0.05, 0) is 61.6 Å². The summed E-state index contributed by atoms with van der Waals surface area (Å²) in [6.45, 7) is 5.58. The Hall–Kier alpha value is -4.01. The van der Waals surface area contributed by atoms with Crippen LogP contribution in [0.4, 0.5) is 0 Å². The number of carbonyl (C=O) groups excluding carboxylic acids is 2. The van der Waals surface area contributed by atoms with Gasteiger partial charge in [-0.25, -0.2) is 4.98 Å². The zero-order valence-corrected chi connectivity index (χ0v) is 19.4. The van der Waals surface area contributed by atoms with Crippen LogP contribution in [0.15, 0.2) is 55.5 Å². The number of carbonyl (C=O) groups is 2. The lowest BCUT2D eigenvalue weighted by molar-refractivity contribution is -0.142. The first-order valence-electron chi connectivity index (χ1n) is 12.1. The van der Waals surface area contributed by atoms with Crippen molar-refractivity contribution in [2.45, 2.75) is 37.6 Å². The molecule has 2 amide bonds. The smallest absolute Gasteiger partial charge is 0.246 e. The highest BCUT2D eigenvalue weighted by Gasteiger charge is 2.37. The van der Waals surface area contributed by atoms with Gasteiger partial charge in [0.1, 0.15) is 11.7 Å². The minimum Gasteiger partial charge on any atom is -0.343 e. The van der Waals surface area contributed by atoms with Crippen molar-refractivity contribution in [1.82, 2.24) is 34.6 Å². The first-order chi connectivity index (χ1) is 17.1. The standard InChI is InChI=1S/C26H27N7O2/c1-2-24(34)32-12-4-6-23(32)26(35)31-13-8-17(9-14-31)21-15-19-18(7-11-27-25(19)30-21)20-16-29-33-22(20)5-3-10-28-33/h2-3,5,7,10-11,15-17,23H,1,4,6,8-9,12-14H2,(H,27,30)/t23-/m1/s1. The molecule has 1 N–H and O–H groups in total. The quantitative estimate of drug-likeness (QED) is 0.463. The summed E-state index contributed by atoms with van der Waals surface area (Å²) in [7, 11) is 0. The maximum atomic E-state index is 13.2. The molecule has 0 aromatic carbocycles. The molecule has 2 saturated heterocycles. The van der Waals surface area contributed by atoms with Gasteiger partial charge in [-0.1, -0.05) is 6.58 Å². The van der Waals surface area contributed by atoms with Gasteiger partial charge in [0.05, 0.1) is 11.7 Å². The van der Waals surface area contributed by atoms with Crippen LogP contribution in [0.3, 0.4) is 0 Å². The number of hydrogen-bond donors (Lipinski definition) is 1. The second kappa shape index (κ2) is 8.65. The summed E-state index contributed by atoms with van der Waals surface area (Å²) < 4.78 is 1.63. The fourth-order valence-electron chi connectivity index (χ4n) is 5.57. The van der Waals surface area contributed by atoms with Crippen LogP contribution >= 0.6 is 0 Å². The van der Waals surface area contributed by atoms with E-state index >= 15 is 0 Å². The molecule has 9 nitrogen and oxygen atoms in total. The Kier molecular flexibility index (Phi) is 5.32. The summed E-state index contributed by atoms with van der Waals surface area (Å²) in [4.78, 5) is 37.0. The van der Waals surface area contributed by atoms with E-state index < -0.39 is 0 Å². The first kappa shape index (κ1) is 21.5. The Labute approximate surface area is 202 Å². The lowest BCUT2D eigenvalue weighted by Crippen LogP contribution is -2.49. The van der Waals surface area contributed by atoms with E-state index in [-0.39, 0.29) is 17.9 Å². The van der Waals surface area contributed by atoms with Gasteiger partial charge in [-0.3, -0.25) is 9.59 Å². The molecule has 2 aliphatic heterocycles. The molecule has 4 aromatic rings. The Balaban J connectivity index is 1.21. The number of aromatic nitrogens is 5. The molecule has 4 aromatic heterocycles. The van der Waals surface area contributed by atoms with Crippen LogP contribution in [0.5, 0.6) is 0 Å². The van der Waals surface area contributed by atoms with Crippen LogP contribution in [0.2, 0.25) is 0 Å². The van der Waals surface area contributed by atoms with E-state index in [1.54, 1.807) is 15.7 Å². The zero-order chi connectivity index (χ0) is 23.9. The van der Waals surface area contributed by atoms with Crippen LogP contribution < -0.4 is 0 Å². The Bertz CT molecular complexity index is 1430. The second-order valence-corrected chi connectivity index (χ2v) is 9.30. The predicted molar refractivity (Wildman–Crippen MR) is 132 cm³/mol. The second-order valence-electron chi connectivity index (χ2n) is 9.30. The van der Waals surface area contributed by atoms with Gasteiger partial charge >= 0.3 is 0 Å². The monoisotopic (exact) mass is 469 g/mol. The topological polar surface area (TPSA) is 99.5 Å². The molecule has 178 valence electrons. The maximum absolute atomic E-state index is 13.2. The van der Waals surface area contributed by atoms with Gasteiger partial charge < -0.3 is 14.8 Å². The van der Waals surface area contributed by atoms with Crippen LogP contribution in [-0.4, -0.2) is 72.1 Å². The van der Waals surface area contributed by atoms with E-state index in [0.29, 0.717) is 25.6 Å². The molecule has 9 heteroatoms. The van der Waals surface area contributed by atoms with Gasteiger partial charge in [0, 0.05) is 54.6 Å². The fourth-order valence-corrected chi connectivity index (χ4v) is 5.57. The Morgan fingerprint density at radius 1 is 1.06 bits per heavy atom. The average Bonchev–Trinajstić information content (AvgIpc) is 3.65. The zero-order valence-electron chi connectivity index (χ0n) is 19.4. The average molecular weight is 470 g/mol. The Morgan fingerprint density at radius 2 is 1.91 bits per heavy atom. The minimum absolute atomic E-state index is 0.0680. The number of rotatable bonds is 4. The predicted octanol–water partition coefficient (Wildman–Crippen LogP) is 3.16. The van der Waals surface area contributed by atoms with Crippen molar-refractivity contribution in [2.75, 3.05) is 19.6 Å². The van der Waals surface area contributed by atoms with Crippen molar-refractivity contribution < 1.29 is 9.59 Å². The summed E-state index contributed by atoms with van der Waals surface area (Å²) in [6.07, 6.45) is 10.0. The van der Waals surface area contributed by atoms with Crippen molar-refractivity contribution in [3.05, 3.63) is 61.2 Å². The lowest BCUT2D eigenvalue weighted by atomic mass is 9.92. The molecule has 6 heterocycles. The highest BCUT2D eigenvalue weighted by Crippen LogP contribution is 2.35. The Morgan fingerprint density at radius 3 is 2.74 bits per heavy atom. The van der Waals surface area contributed by atoms with Crippen LogP contribution in [0, 0.1) is 0 Å². The first-order valence-corrected chi connectivity index (χ1v) is 12.1. The summed E-state index contributed by atoms with van der Waals surface area (Å²) >= 11 is 0. The van der Waals surface area contributed by atoms with Gasteiger partial charge in [-0.2, -0.15) is 14.8 Å². The molecule has 0 spiro atoms. The molecule has 2 fully saturated rings. The largest absolute Gasteiger partial charge is 0.343 e. The van der Waals surface area contributed by atoms with Crippen molar-refractivity contribution in [3.63, 3.8) is 0 Å². The lowest BCUT2D eigenvalue weighted by Gasteiger charge is -2.35. The highest BCUT2D eigenvalue weighted by atomic mass is 16.2. The van der Waals surface area contributed by atoms with Crippen LogP contribution in [0.1, 0.15) is 37.3 Å². The van der Waals surface area contributed by atoms with Gasteiger partial charge in [0.2, 0.25) is 11.8 Å². The van der Waals surface area contributed by atoms with Crippen molar-refractivity contribution in [3.8, 4) is 11.1 Å². The number of nitrogens with one attached hydrogen (secondary N) is 1. The number of H-pyrrole nitrogens is 1. The molecule has 0 aliphatic carbocycles. The van der Waals surface area contributed by atoms with Crippen LogP contribution in [-0.2, 0) is 9.59 Å². The number of likely N-dealkylation sites (tertiary alicyclic amines) is 2. The number of amides is 2. The van der Waals surface area contributed by atoms with Gasteiger partial charge in [0.25, 0.3) is 0 Å². The minimum atomic E-state index is -0.350. The molecule has 0 radical (unpaired) electrons. The summed E-state index contributed by atoms with van der Waals surface area (Å²) in [5, 5.41) is 9.72. The van der Waals surface area contributed by atoms with Crippen LogP contribution in [0.25, 0.3) is 27.7 Å². The van der Waals surface area contributed by atoms with Gasteiger partial charge in [0.15, 0.2) is 0 Å². The van der Waals surface area contributed by atoms with E-state index in [2.05, 4.69) is 32.8 Å². The van der Waals surface area contributed by atoms with Crippen molar-refractivity contribution >= 4 is 28.4 Å². The summed E-state index contributed by atoms with van der Waals surface area (Å²) in [6, 6.07) is 7.78. The molecular formula is C26H27N7O2. The molecule has 0 unspecified atom stereocenters. The molecule has 0 saturated carbocycles. The van der Waals surface area contributed by atoms with E-state index in [9.17, 15) is 9.59 Å². The van der Waals surface area contributed by atoms with E-state index in [1.165, 1.54) is 6.08 Å². The molecule has 1 atom stereocenters. The molecule has 6 rings (SSSR count). The molecule has 35 heavy (non-hydrogen) atoms. The van der Waals surface area contributed by atoms with E-state index in [4.69, 9.17) is 0 Å². The third kappa shape index (κ3) is 3.67. The normalized spacial score (nSPS) is 19.0. The SMILES string of the molecule is C=CC(=O)N1CCC[C@@H]1C(=O)N1CCC(c2cc3c(-c4cnn5ncccc45)ccnc3[nH]2)CC1. The highest BCUT2D eigenvalue weighted by molar-refractivity contribution is 5.97. The number of nitrogens with zero attached hydrogens (tertiary/aromatic N) is 6. The van der Waals surface area contributed by atoms with Crippen molar-refractivity contribution in [1.29, 1.82) is 0 Å². The summed E-state index contributed by atoms with van der Waals surface area (Å²) in [5.41, 5.74) is 5.04. The van der Waals surface area contributed by atoms with Crippen molar-refractivity contribution in [2.24, 2.45) is 0 Å². The third-order valence-electron chi connectivity index (χ3n) is 7.39. The van der Waals surface area contributed by atoms with E-state index in [0.717, 1.165) is 59.1 Å². The fraction of sp³-hybridized carbons (Fsp3) is 0.346. The number of fused-ring (bicyclic) bond motifs is 2.